The van der Waals surface area contributed by atoms with Crippen LogP contribution in [0.15, 0.2) is 6.07 Å². The Morgan fingerprint density at radius 3 is 2.57 bits per heavy atom. The van der Waals surface area contributed by atoms with Gasteiger partial charge in [0.2, 0.25) is 0 Å². The van der Waals surface area contributed by atoms with E-state index >= 15 is 0 Å². The Morgan fingerprint density at radius 2 is 1.90 bits per heavy atom. The number of ether oxygens (including phenoxy) is 2. The Balaban J connectivity index is 1.87. The van der Waals surface area contributed by atoms with E-state index in [-0.39, 0.29) is 6.09 Å². The quantitative estimate of drug-likeness (QED) is 0.795. The molecule has 1 atom stereocenters. The van der Waals surface area contributed by atoms with Crippen molar-refractivity contribution in [1.82, 2.24) is 4.90 Å². The first-order chi connectivity index (χ1) is 14.2. The largest absolute Gasteiger partial charge is 0.444 e. The first-order valence-electron chi connectivity index (χ1n) is 11.3. The number of carbonyl (C=O) groups excluding carboxylic acids is 1. The first kappa shape index (κ1) is 22.9. The predicted molar refractivity (Wildman–Crippen MR) is 119 cm³/mol. The molecule has 0 saturated heterocycles. The van der Waals surface area contributed by atoms with E-state index in [1.54, 1.807) is 7.11 Å². The zero-order valence-corrected chi connectivity index (χ0v) is 19.3. The van der Waals surface area contributed by atoms with Crippen molar-refractivity contribution >= 4 is 11.8 Å². The summed E-state index contributed by atoms with van der Waals surface area (Å²) >= 11 is 0. The summed E-state index contributed by atoms with van der Waals surface area (Å²) in [5.41, 5.74) is 6.35. The smallest absolute Gasteiger partial charge is 0.410 e. The molecule has 6 nitrogen and oxygen atoms in total. The second-order valence-electron chi connectivity index (χ2n) is 9.48. The van der Waals surface area contributed by atoms with Crippen molar-refractivity contribution in [3.63, 3.8) is 0 Å². The van der Waals surface area contributed by atoms with Gasteiger partial charge in [0.1, 0.15) is 5.60 Å². The highest BCUT2D eigenvalue weighted by atomic mass is 16.6. The number of aliphatic hydroxyl groups is 1. The summed E-state index contributed by atoms with van der Waals surface area (Å²) < 4.78 is 10.8. The lowest BCUT2D eigenvalue weighted by atomic mass is 9.87. The maximum Gasteiger partial charge on any atom is 0.410 e. The Bertz CT molecular complexity index is 757. The Hall–Kier alpha value is -1.79. The van der Waals surface area contributed by atoms with Crippen molar-refractivity contribution in [2.45, 2.75) is 71.5 Å². The van der Waals surface area contributed by atoms with Gasteiger partial charge in [-0.2, -0.15) is 0 Å². The number of hydrogen-bond acceptors (Lipinski definition) is 5. The molecule has 2 aliphatic heterocycles. The van der Waals surface area contributed by atoms with Crippen LogP contribution in [-0.4, -0.2) is 67.7 Å². The topological polar surface area (TPSA) is 62.2 Å². The Kier molecular flexibility index (Phi) is 7.30. The van der Waals surface area contributed by atoms with E-state index in [9.17, 15) is 9.90 Å². The van der Waals surface area contributed by atoms with Gasteiger partial charge in [0.15, 0.2) is 0 Å². The third-order valence-corrected chi connectivity index (χ3v) is 5.96. The van der Waals surface area contributed by atoms with E-state index in [0.29, 0.717) is 26.2 Å². The minimum Gasteiger partial charge on any atom is -0.444 e. The molecule has 0 saturated carbocycles. The van der Waals surface area contributed by atoms with Crippen LogP contribution in [0.3, 0.4) is 0 Å². The van der Waals surface area contributed by atoms with E-state index < -0.39 is 11.7 Å². The molecule has 0 spiro atoms. The van der Waals surface area contributed by atoms with Gasteiger partial charge in [-0.3, -0.25) is 0 Å². The van der Waals surface area contributed by atoms with Gasteiger partial charge in [-0.15, -0.1) is 0 Å². The van der Waals surface area contributed by atoms with E-state index in [2.05, 4.69) is 17.9 Å². The number of methoxy groups -OCH3 is 1. The summed E-state index contributed by atoms with van der Waals surface area (Å²) in [5, 5.41) is 10.3. The average Bonchev–Trinajstić information content (AvgIpc) is 2.88. The van der Waals surface area contributed by atoms with Crippen molar-refractivity contribution in [1.29, 1.82) is 0 Å². The molecule has 0 aliphatic carbocycles. The molecule has 2 heterocycles. The molecule has 1 N–H and O–H groups in total. The number of β-amino-alcohol motifs (C(OH)–C–C–N with tert-alkyl or cyclic N) is 1. The maximum absolute atomic E-state index is 12.6. The van der Waals surface area contributed by atoms with E-state index in [0.717, 1.165) is 38.6 Å². The van der Waals surface area contributed by atoms with Crippen molar-refractivity contribution in [3.05, 3.63) is 28.3 Å². The number of rotatable bonds is 5. The number of aliphatic hydroxyl groups excluding tert-OH is 1. The number of aryl methyl sites for hydroxylation is 1. The van der Waals surface area contributed by atoms with Crippen LogP contribution in [0, 0.1) is 0 Å². The maximum atomic E-state index is 12.6. The second kappa shape index (κ2) is 9.56. The van der Waals surface area contributed by atoms with Crippen LogP contribution in [0.4, 0.5) is 10.5 Å². The minimum atomic E-state index is -0.493. The number of nitrogens with zero attached hydrogens (tertiary/aromatic N) is 2. The van der Waals surface area contributed by atoms with Crippen LogP contribution in [0.25, 0.3) is 0 Å². The summed E-state index contributed by atoms with van der Waals surface area (Å²) in [5.74, 6) is 0. The molecule has 30 heavy (non-hydrogen) atoms. The fourth-order valence-electron chi connectivity index (χ4n) is 4.77. The van der Waals surface area contributed by atoms with Crippen molar-refractivity contribution < 1.29 is 19.4 Å². The number of benzene rings is 1. The Morgan fingerprint density at radius 1 is 1.17 bits per heavy atom. The molecule has 3 rings (SSSR count). The molecule has 0 radical (unpaired) electrons. The van der Waals surface area contributed by atoms with Crippen LogP contribution in [-0.2, 0) is 35.2 Å². The fourth-order valence-corrected chi connectivity index (χ4v) is 4.77. The van der Waals surface area contributed by atoms with Crippen molar-refractivity contribution in [3.8, 4) is 0 Å². The third-order valence-electron chi connectivity index (χ3n) is 5.96. The van der Waals surface area contributed by atoms with Crippen LogP contribution < -0.4 is 4.90 Å². The molecule has 168 valence electrons. The van der Waals surface area contributed by atoms with Crippen LogP contribution >= 0.6 is 0 Å². The highest BCUT2D eigenvalue weighted by Gasteiger charge is 2.29. The van der Waals surface area contributed by atoms with E-state index in [1.165, 1.54) is 27.9 Å². The summed E-state index contributed by atoms with van der Waals surface area (Å²) in [6.45, 7) is 11.2. The van der Waals surface area contributed by atoms with Crippen molar-refractivity contribution in [2.24, 2.45) is 0 Å². The Labute approximate surface area is 181 Å². The molecule has 0 fully saturated rings. The summed E-state index contributed by atoms with van der Waals surface area (Å²) in [7, 11) is 1.63. The zero-order valence-electron chi connectivity index (χ0n) is 19.3. The monoisotopic (exact) mass is 418 g/mol. The van der Waals surface area contributed by atoms with Crippen molar-refractivity contribution in [2.75, 3.05) is 44.8 Å². The second-order valence-corrected chi connectivity index (χ2v) is 9.48. The highest BCUT2D eigenvalue weighted by Crippen LogP contribution is 2.37. The molecule has 1 unspecified atom stereocenters. The van der Waals surface area contributed by atoms with Crippen LogP contribution in [0.1, 0.15) is 56.4 Å². The van der Waals surface area contributed by atoms with Gasteiger partial charge in [-0.25, -0.2) is 4.79 Å². The fraction of sp³-hybridized carbons (Fsp3) is 0.708. The average molecular weight is 419 g/mol. The molecule has 0 aromatic heterocycles. The molecule has 0 bridgehead atoms. The lowest BCUT2D eigenvalue weighted by Crippen LogP contribution is -2.39. The first-order valence-corrected chi connectivity index (χ1v) is 11.3. The lowest BCUT2D eigenvalue weighted by molar-refractivity contribution is 0.0258. The summed E-state index contributed by atoms with van der Waals surface area (Å²) in [4.78, 5) is 16.8. The van der Waals surface area contributed by atoms with Gasteiger partial charge < -0.3 is 24.4 Å². The van der Waals surface area contributed by atoms with Gasteiger partial charge in [-0.1, -0.05) is 13.0 Å². The van der Waals surface area contributed by atoms with E-state index in [1.807, 2.05) is 25.7 Å². The highest BCUT2D eigenvalue weighted by molar-refractivity contribution is 5.69. The predicted octanol–water partition coefficient (Wildman–Crippen LogP) is 3.34. The molecule has 6 heteroatoms. The number of hydrogen-bond donors (Lipinski definition) is 1. The summed E-state index contributed by atoms with van der Waals surface area (Å²) in [6, 6.07) is 2.36. The number of carbonyl (C=O) groups is 1. The van der Waals surface area contributed by atoms with Gasteiger partial charge in [0.05, 0.1) is 12.7 Å². The molecule has 1 aromatic rings. The SMILES string of the molecule is CCc1c2c(cc3c1N(CC(O)COC)CCC3)CCN(C(=O)OC(C)(C)C)CC2. The van der Waals surface area contributed by atoms with Gasteiger partial charge >= 0.3 is 6.09 Å². The number of amides is 1. The lowest BCUT2D eigenvalue weighted by Gasteiger charge is -2.36. The van der Waals surface area contributed by atoms with Gasteiger partial charge in [-0.05, 0) is 75.1 Å². The molecule has 1 aromatic carbocycles. The minimum absolute atomic E-state index is 0.220. The molecular formula is C24H38N2O4. The standard InChI is InChI=1S/C24H38N2O4/c1-6-20-21-10-13-25(23(28)30-24(2,3)4)12-9-17(21)14-18-8-7-11-26(22(18)20)15-19(27)16-29-5/h14,19,27H,6-13,15-16H2,1-5H3. The number of fused-ring (bicyclic) bond motifs is 2. The van der Waals surface area contributed by atoms with Gasteiger partial charge in [0.25, 0.3) is 0 Å². The summed E-state index contributed by atoms with van der Waals surface area (Å²) in [6.07, 6.45) is 4.12. The third kappa shape index (κ3) is 5.27. The van der Waals surface area contributed by atoms with Gasteiger partial charge in [0, 0.05) is 39.0 Å². The molecule has 2 aliphatic rings. The van der Waals surface area contributed by atoms with Crippen LogP contribution in [0.2, 0.25) is 0 Å². The number of anilines is 1. The normalized spacial score (nSPS) is 17.8. The molecular weight excluding hydrogens is 380 g/mol. The molecule has 1 amide bonds. The zero-order chi connectivity index (χ0) is 21.9. The van der Waals surface area contributed by atoms with E-state index in [4.69, 9.17) is 9.47 Å². The van der Waals surface area contributed by atoms with Crippen LogP contribution in [0.5, 0.6) is 0 Å².